The fourth-order valence-corrected chi connectivity index (χ4v) is 9.96. The Kier molecular flexibility index (Phi) is 22.3. The van der Waals surface area contributed by atoms with Gasteiger partial charge in [0, 0.05) is 28.4 Å². The van der Waals surface area contributed by atoms with Gasteiger partial charge in [0.25, 0.3) is 0 Å². The number of aromatic nitrogens is 9. The summed E-state index contributed by atoms with van der Waals surface area (Å²) in [4.78, 5) is 84.3. The van der Waals surface area contributed by atoms with Crippen molar-refractivity contribution in [2.75, 3.05) is 27.1 Å². The van der Waals surface area contributed by atoms with E-state index in [9.17, 15) is 45.0 Å². The van der Waals surface area contributed by atoms with Crippen molar-refractivity contribution < 1.29 is 68.8 Å². The van der Waals surface area contributed by atoms with Crippen LogP contribution in [0.4, 0.5) is 5.69 Å². The molecule has 25 heteroatoms. The highest BCUT2D eigenvalue weighted by molar-refractivity contribution is 5.91. The van der Waals surface area contributed by atoms with Crippen molar-refractivity contribution >= 4 is 29.7 Å². The summed E-state index contributed by atoms with van der Waals surface area (Å²) in [6.45, 7) is 1.85. The number of hydrogen-bond acceptors (Lipinski definition) is 25. The van der Waals surface area contributed by atoms with Crippen LogP contribution >= 0.6 is 0 Å². The SMILES string of the molecule is COC(=O)c1ccc(-c2nc(-c3ccccc3O)nc(-c3c(C)cccc3O)n2)cc1.COC(=O)c1ccc(-c2nc(-c3ccccc3O)nc(-c3c(N)cccc3O)n2)cc1.COC(=O)c1ccc(-c2nc(-c3ccccc3O)nc(-c3ccc(Oc4ccccc4)cc3O)n2)cc1.N=C=O. The number of isocyanates is 1. The Labute approximate surface area is 581 Å². The molecule has 0 bridgehead atoms. The number of ether oxygens (including phenoxy) is 4. The van der Waals surface area contributed by atoms with E-state index in [1.54, 1.807) is 170 Å². The predicted molar refractivity (Wildman–Crippen MR) is 376 cm³/mol. The van der Waals surface area contributed by atoms with Crippen molar-refractivity contribution in [1.29, 1.82) is 5.41 Å². The van der Waals surface area contributed by atoms with Gasteiger partial charge in [-0.1, -0.05) is 109 Å². The van der Waals surface area contributed by atoms with Gasteiger partial charge in [-0.25, -0.2) is 69.4 Å². The third-order valence-electron chi connectivity index (χ3n) is 15.0. The number of nitrogens with two attached hydrogens (primary N) is 1. The minimum Gasteiger partial charge on any atom is -0.507 e. The molecule has 13 rings (SSSR count). The average Bonchev–Trinajstić information content (AvgIpc) is 0.806. The highest BCUT2D eigenvalue weighted by Gasteiger charge is 2.23. The van der Waals surface area contributed by atoms with Crippen LogP contribution in [0.25, 0.3) is 102 Å². The Balaban J connectivity index is 0.000000162. The zero-order valence-electron chi connectivity index (χ0n) is 54.5. The largest absolute Gasteiger partial charge is 0.507 e. The summed E-state index contributed by atoms with van der Waals surface area (Å²) >= 11 is 0. The third-order valence-corrected chi connectivity index (χ3v) is 15.0. The van der Waals surface area contributed by atoms with Gasteiger partial charge in [0.2, 0.25) is 6.08 Å². The minimum atomic E-state index is -0.459. The van der Waals surface area contributed by atoms with Gasteiger partial charge in [-0.3, -0.25) is 0 Å². The first-order chi connectivity index (χ1) is 49.4. The first-order valence-corrected chi connectivity index (χ1v) is 30.6. The van der Waals surface area contributed by atoms with Gasteiger partial charge in [0.15, 0.2) is 52.4 Å². The Morgan fingerprint density at radius 2 is 0.657 bits per heavy atom. The number of nitrogens with zero attached hydrogens (tertiary/aromatic N) is 9. The first-order valence-electron chi connectivity index (χ1n) is 30.6. The van der Waals surface area contributed by atoms with Gasteiger partial charge in [-0.2, -0.15) is 0 Å². The van der Waals surface area contributed by atoms with Crippen molar-refractivity contribution in [2.24, 2.45) is 0 Å². The molecule has 0 atom stereocenters. The van der Waals surface area contributed by atoms with E-state index < -0.39 is 17.9 Å². The summed E-state index contributed by atoms with van der Waals surface area (Å²) in [6.07, 6.45) is 0.750. The molecule has 10 aromatic carbocycles. The molecule has 0 aliphatic heterocycles. The lowest BCUT2D eigenvalue weighted by molar-refractivity contribution is 0.0592. The Morgan fingerprint density at radius 3 is 1.02 bits per heavy atom. The molecule has 0 amide bonds. The smallest absolute Gasteiger partial charge is 0.337 e. The number of aromatic hydroxyl groups is 6. The van der Waals surface area contributed by atoms with E-state index in [1.165, 1.54) is 45.6 Å². The summed E-state index contributed by atoms with van der Waals surface area (Å²) in [7, 11) is 3.95. The molecule has 0 fully saturated rings. The van der Waals surface area contributed by atoms with Crippen LogP contribution in [-0.4, -0.2) is 121 Å². The fourth-order valence-electron chi connectivity index (χ4n) is 9.96. The molecule has 0 aliphatic rings. The number of anilines is 1. The van der Waals surface area contributed by atoms with Crippen LogP contribution in [0.2, 0.25) is 0 Å². The summed E-state index contributed by atoms with van der Waals surface area (Å²) in [6, 6.07) is 63.8. The maximum absolute atomic E-state index is 11.8. The molecule has 0 radical (unpaired) electrons. The summed E-state index contributed by atoms with van der Waals surface area (Å²) in [5.41, 5.74) is 12.5. The van der Waals surface area contributed by atoms with Crippen molar-refractivity contribution in [1.82, 2.24) is 44.9 Å². The van der Waals surface area contributed by atoms with Crippen LogP contribution < -0.4 is 10.5 Å². The average molecular weight is 1360 g/mol. The molecule has 0 saturated heterocycles. The molecule has 0 unspecified atom stereocenters. The van der Waals surface area contributed by atoms with Crippen molar-refractivity contribution in [3.8, 4) is 148 Å². The van der Waals surface area contributed by atoms with E-state index in [2.05, 4.69) is 44.9 Å². The van der Waals surface area contributed by atoms with Crippen molar-refractivity contribution in [3.63, 3.8) is 0 Å². The maximum atomic E-state index is 11.8. The van der Waals surface area contributed by atoms with Crippen LogP contribution in [0.15, 0.2) is 231 Å². The number of para-hydroxylation sites is 4. The monoisotopic (exact) mass is 1360 g/mol. The zero-order chi connectivity index (χ0) is 72.4. The molecule has 13 aromatic rings. The Hall–Kier alpha value is -14.6. The second-order valence-corrected chi connectivity index (χ2v) is 21.6. The Morgan fingerprint density at radius 1 is 0.343 bits per heavy atom. The van der Waals surface area contributed by atoms with Crippen LogP contribution in [0, 0.1) is 12.3 Å². The fraction of sp³-hybridized carbons (Fsp3) is 0.0519. The second-order valence-electron chi connectivity index (χ2n) is 21.6. The van der Waals surface area contributed by atoms with Gasteiger partial charge < -0.3 is 55.3 Å². The highest BCUT2D eigenvalue weighted by Crippen LogP contribution is 2.39. The van der Waals surface area contributed by atoms with Gasteiger partial charge in [0.1, 0.15) is 46.0 Å². The first kappa shape index (κ1) is 70.2. The summed E-state index contributed by atoms with van der Waals surface area (Å²) < 4.78 is 20.0. The number of rotatable bonds is 14. The van der Waals surface area contributed by atoms with Crippen molar-refractivity contribution in [3.05, 3.63) is 253 Å². The molecule has 0 saturated carbocycles. The molecule has 102 heavy (non-hydrogen) atoms. The van der Waals surface area contributed by atoms with E-state index in [0.717, 1.165) is 11.6 Å². The predicted octanol–water partition coefficient (Wildman–Crippen LogP) is 13.8. The molecule has 3 aromatic heterocycles. The van der Waals surface area contributed by atoms with Gasteiger partial charge in [0.05, 0.1) is 71.4 Å². The van der Waals surface area contributed by atoms with E-state index >= 15 is 0 Å². The van der Waals surface area contributed by atoms with Crippen LogP contribution in [0.3, 0.4) is 0 Å². The second kappa shape index (κ2) is 32.4. The highest BCUT2D eigenvalue weighted by atomic mass is 16.5. The number of hydrogen-bond donors (Lipinski definition) is 8. The van der Waals surface area contributed by atoms with E-state index in [0.29, 0.717) is 90.0 Å². The topological polar surface area (TPSA) is 392 Å². The number of nitrogen functional groups attached to an aromatic ring is 1. The molecule has 9 N–H and O–H groups in total. The summed E-state index contributed by atoms with van der Waals surface area (Å²) in [5, 5.41) is 68.1. The van der Waals surface area contributed by atoms with Crippen LogP contribution in [0.1, 0.15) is 36.6 Å². The van der Waals surface area contributed by atoms with E-state index in [1.807, 2.05) is 43.3 Å². The lowest BCUT2D eigenvalue weighted by Gasteiger charge is -2.11. The van der Waals surface area contributed by atoms with E-state index in [-0.39, 0.29) is 80.8 Å². The molecule has 0 aliphatic carbocycles. The number of carbonyl (C=O) groups excluding carboxylic acids is 4. The maximum Gasteiger partial charge on any atom is 0.337 e. The molecule has 3 heterocycles. The minimum absolute atomic E-state index is 0.00229. The number of nitrogens with one attached hydrogen (secondary N) is 1. The van der Waals surface area contributed by atoms with E-state index in [4.69, 9.17) is 34.9 Å². The third kappa shape index (κ3) is 16.6. The van der Waals surface area contributed by atoms with Gasteiger partial charge in [-0.15, -0.1) is 0 Å². The number of phenolic OH excluding ortho intramolecular Hbond substituents is 6. The van der Waals surface area contributed by atoms with Crippen LogP contribution in [-0.2, 0) is 19.0 Å². The number of aryl methyl sites for hydroxylation is 1. The standard InChI is InChI=1S/C29H21N3O5.C24H19N3O4.C23H18N4O4.CHNO/c1-36-29(35)19-13-11-18(12-14-19)26-30-27(22-9-5-6-10-24(22)33)32-28(31-26)23-16-15-21(17-25(23)34)37-20-7-3-2-4-8-20;1-14-6-5-9-19(29)20(14)23-26-21(15-10-12-16(13-11-15)24(30)31-2)25-22(27-23)17-7-3-4-8-18(17)28;1-31-23(30)14-11-9-13(10-12-14)20-25-21(15-5-2-3-7-17(15)28)27-22(26-20)19-16(24)6-4-8-18(19)29;2-1-3/h2-17,33-34H,1H3;3-13,28-29H,1-2H3;2-12,28-29H,24H2,1H3;2H. The molecule has 506 valence electrons. The molecular formula is C77H59N11O14. The molecule has 0 spiro atoms. The lowest BCUT2D eigenvalue weighted by atomic mass is 10.1. The number of benzene rings is 10. The number of esters is 3. The zero-order valence-corrected chi connectivity index (χ0v) is 54.5. The van der Waals surface area contributed by atoms with Gasteiger partial charge in [-0.05, 0) is 128 Å². The van der Waals surface area contributed by atoms with Crippen LogP contribution in [0.5, 0.6) is 46.0 Å². The number of phenols is 6. The lowest BCUT2D eigenvalue weighted by Crippen LogP contribution is -2.03. The van der Waals surface area contributed by atoms with Crippen molar-refractivity contribution in [2.45, 2.75) is 6.92 Å². The normalized spacial score (nSPS) is 10.4. The van der Waals surface area contributed by atoms with Gasteiger partial charge >= 0.3 is 17.9 Å². The molecule has 25 nitrogen and oxygen atoms in total. The number of carbonyl (C=O) groups is 3. The summed E-state index contributed by atoms with van der Waals surface area (Å²) in [5.74, 6) is 1.84. The Bertz CT molecular complexity index is 5000. The number of methoxy groups -OCH3 is 3. The molecular weight excluding hydrogens is 1300 g/mol. The quantitative estimate of drug-likeness (QED) is 0.0165.